The van der Waals surface area contributed by atoms with Gasteiger partial charge < -0.3 is 5.32 Å². The maximum atomic E-state index is 13.7. The van der Waals surface area contributed by atoms with Gasteiger partial charge in [0, 0.05) is 19.2 Å². The molecular weight excluding hydrogens is 362 g/mol. The molecule has 1 N–H and O–H groups in total. The molecule has 2 aromatic carbocycles. The Bertz CT molecular complexity index is 904. The van der Waals surface area contributed by atoms with E-state index in [1.165, 1.54) is 16.4 Å². The molecular formula is C18H18F2N2O3S. The molecule has 1 amide bonds. The fourth-order valence-corrected chi connectivity index (χ4v) is 4.49. The van der Waals surface area contributed by atoms with Crippen molar-refractivity contribution in [2.45, 2.75) is 17.7 Å². The number of carbonyl (C=O) groups is 1. The Kier molecular flexibility index (Phi) is 5.33. The third-order valence-electron chi connectivity index (χ3n) is 4.32. The van der Waals surface area contributed by atoms with E-state index in [0.717, 1.165) is 18.2 Å². The number of halogens is 2. The minimum absolute atomic E-state index is 0.00000425. The maximum absolute atomic E-state index is 13.7. The summed E-state index contributed by atoms with van der Waals surface area (Å²) in [5.74, 6) is -2.57. The molecule has 1 aliphatic rings. The van der Waals surface area contributed by atoms with E-state index in [1.807, 2.05) is 0 Å². The normalized spacial score (nSPS) is 18.5. The number of carbonyl (C=O) groups excluding carboxylic acids is 1. The number of benzene rings is 2. The van der Waals surface area contributed by atoms with Gasteiger partial charge in [-0.1, -0.05) is 18.2 Å². The van der Waals surface area contributed by atoms with Gasteiger partial charge in [-0.15, -0.1) is 0 Å². The van der Waals surface area contributed by atoms with Crippen LogP contribution >= 0.6 is 0 Å². The number of rotatable bonds is 4. The van der Waals surface area contributed by atoms with Crippen molar-refractivity contribution in [1.29, 1.82) is 0 Å². The number of sulfonamides is 1. The summed E-state index contributed by atoms with van der Waals surface area (Å²) in [5.41, 5.74) is -0.252. The highest BCUT2D eigenvalue weighted by Crippen LogP contribution is 2.25. The average molecular weight is 380 g/mol. The summed E-state index contributed by atoms with van der Waals surface area (Å²) in [4.78, 5) is 12.6. The van der Waals surface area contributed by atoms with Crippen LogP contribution in [0, 0.1) is 17.6 Å². The van der Waals surface area contributed by atoms with E-state index in [-0.39, 0.29) is 17.1 Å². The lowest BCUT2D eigenvalue weighted by molar-refractivity contribution is -0.120. The van der Waals surface area contributed by atoms with E-state index < -0.39 is 33.5 Å². The predicted octanol–water partition coefficient (Wildman–Crippen LogP) is 3.00. The summed E-state index contributed by atoms with van der Waals surface area (Å²) in [6.07, 6.45) is 0.985. The molecule has 1 aliphatic heterocycles. The molecule has 1 atom stereocenters. The van der Waals surface area contributed by atoms with Gasteiger partial charge in [-0.2, -0.15) is 4.31 Å². The molecule has 5 nitrogen and oxygen atoms in total. The summed E-state index contributed by atoms with van der Waals surface area (Å²) < 4.78 is 53.6. The van der Waals surface area contributed by atoms with Gasteiger partial charge in [0.2, 0.25) is 15.9 Å². The zero-order valence-corrected chi connectivity index (χ0v) is 14.7. The summed E-state index contributed by atoms with van der Waals surface area (Å²) in [7, 11) is -3.70. The van der Waals surface area contributed by atoms with Gasteiger partial charge in [0.1, 0.15) is 11.6 Å². The molecule has 0 aliphatic carbocycles. The minimum Gasteiger partial charge on any atom is -0.323 e. The van der Waals surface area contributed by atoms with Crippen molar-refractivity contribution < 1.29 is 22.0 Å². The monoisotopic (exact) mass is 380 g/mol. The molecule has 138 valence electrons. The van der Waals surface area contributed by atoms with Gasteiger partial charge in [0.05, 0.1) is 16.5 Å². The highest BCUT2D eigenvalue weighted by molar-refractivity contribution is 7.89. The third-order valence-corrected chi connectivity index (χ3v) is 6.20. The van der Waals surface area contributed by atoms with E-state index in [9.17, 15) is 22.0 Å². The largest absolute Gasteiger partial charge is 0.323 e. The molecule has 1 fully saturated rings. The molecule has 1 heterocycles. The third kappa shape index (κ3) is 3.91. The molecule has 0 saturated carbocycles. The van der Waals surface area contributed by atoms with Gasteiger partial charge >= 0.3 is 0 Å². The topological polar surface area (TPSA) is 66.5 Å². The maximum Gasteiger partial charge on any atom is 0.243 e. The molecule has 0 radical (unpaired) electrons. The summed E-state index contributed by atoms with van der Waals surface area (Å²) >= 11 is 0. The van der Waals surface area contributed by atoms with Crippen molar-refractivity contribution in [3.05, 3.63) is 60.2 Å². The van der Waals surface area contributed by atoms with Gasteiger partial charge in [-0.3, -0.25) is 4.79 Å². The summed E-state index contributed by atoms with van der Waals surface area (Å²) in [5, 5.41) is 2.36. The van der Waals surface area contributed by atoms with Gasteiger partial charge in [-0.25, -0.2) is 17.2 Å². The first-order valence-corrected chi connectivity index (χ1v) is 9.63. The SMILES string of the molecule is O=C(Nc1cc(F)ccc1F)[C@H]1CCCN(S(=O)(=O)c2ccccc2)C1. The van der Waals surface area contributed by atoms with Crippen molar-refractivity contribution in [3.8, 4) is 0 Å². The fraction of sp³-hybridized carbons (Fsp3) is 0.278. The standard InChI is InChI=1S/C18H18F2N2O3S/c19-14-8-9-16(20)17(11-14)21-18(23)13-5-4-10-22(12-13)26(24,25)15-6-2-1-3-7-15/h1-3,6-9,11,13H,4-5,10,12H2,(H,21,23)/t13-/m0/s1. The molecule has 2 aromatic rings. The highest BCUT2D eigenvalue weighted by atomic mass is 32.2. The molecule has 0 unspecified atom stereocenters. The van der Waals surface area contributed by atoms with E-state index in [4.69, 9.17) is 0 Å². The van der Waals surface area contributed by atoms with Gasteiger partial charge in [0.15, 0.2) is 0 Å². The Hall–Kier alpha value is -2.32. The first-order chi connectivity index (χ1) is 12.4. The Morgan fingerprint density at radius 2 is 1.85 bits per heavy atom. The zero-order chi connectivity index (χ0) is 18.7. The number of hydrogen-bond acceptors (Lipinski definition) is 3. The van der Waals surface area contributed by atoms with Crippen molar-refractivity contribution in [1.82, 2.24) is 4.31 Å². The van der Waals surface area contributed by atoms with Gasteiger partial charge in [-0.05, 0) is 37.1 Å². The Morgan fingerprint density at radius 1 is 1.12 bits per heavy atom. The lowest BCUT2D eigenvalue weighted by Gasteiger charge is -2.31. The second-order valence-corrected chi connectivity index (χ2v) is 8.07. The molecule has 26 heavy (non-hydrogen) atoms. The Labute approximate surface area is 150 Å². The number of hydrogen-bond donors (Lipinski definition) is 1. The van der Waals surface area contributed by atoms with Gasteiger partial charge in [0.25, 0.3) is 0 Å². The average Bonchev–Trinajstić information content (AvgIpc) is 2.65. The lowest BCUT2D eigenvalue weighted by Crippen LogP contribution is -2.43. The van der Waals surface area contributed by atoms with Crippen LogP contribution in [0.5, 0.6) is 0 Å². The van der Waals surface area contributed by atoms with Crippen LogP contribution < -0.4 is 5.32 Å². The van der Waals surface area contributed by atoms with Crippen LogP contribution in [0.2, 0.25) is 0 Å². The zero-order valence-electron chi connectivity index (χ0n) is 13.9. The number of amides is 1. The number of nitrogens with one attached hydrogen (secondary N) is 1. The van der Waals surface area contributed by atoms with Crippen LogP contribution in [-0.4, -0.2) is 31.7 Å². The number of nitrogens with zero attached hydrogens (tertiary/aromatic N) is 1. The van der Waals surface area contributed by atoms with E-state index in [0.29, 0.717) is 19.4 Å². The summed E-state index contributed by atoms with van der Waals surface area (Å²) in [6.45, 7) is 0.315. The first-order valence-electron chi connectivity index (χ1n) is 8.19. The van der Waals surface area contributed by atoms with Crippen molar-refractivity contribution >= 4 is 21.6 Å². The number of piperidine rings is 1. The van der Waals surface area contributed by atoms with Crippen LogP contribution in [0.1, 0.15) is 12.8 Å². The molecule has 0 aromatic heterocycles. The second kappa shape index (κ2) is 7.51. The Balaban J connectivity index is 1.74. The van der Waals surface area contributed by atoms with Crippen LogP contribution in [0.25, 0.3) is 0 Å². The van der Waals surface area contributed by atoms with Crippen molar-refractivity contribution in [3.63, 3.8) is 0 Å². The number of anilines is 1. The molecule has 0 bridgehead atoms. The van der Waals surface area contributed by atoms with E-state index >= 15 is 0 Å². The highest BCUT2D eigenvalue weighted by Gasteiger charge is 2.33. The van der Waals surface area contributed by atoms with Crippen LogP contribution in [0.4, 0.5) is 14.5 Å². The molecule has 3 rings (SSSR count). The van der Waals surface area contributed by atoms with Crippen LogP contribution in [0.15, 0.2) is 53.4 Å². The minimum atomic E-state index is -3.70. The first kappa shape index (κ1) is 18.5. The molecule has 1 saturated heterocycles. The van der Waals surface area contributed by atoms with E-state index in [2.05, 4.69) is 5.32 Å². The Morgan fingerprint density at radius 3 is 2.58 bits per heavy atom. The molecule has 0 spiro atoms. The van der Waals surface area contributed by atoms with Crippen molar-refractivity contribution in [2.24, 2.45) is 5.92 Å². The second-order valence-electron chi connectivity index (χ2n) is 6.13. The van der Waals surface area contributed by atoms with Crippen molar-refractivity contribution in [2.75, 3.05) is 18.4 Å². The quantitative estimate of drug-likeness (QED) is 0.887. The smallest absolute Gasteiger partial charge is 0.243 e. The van der Waals surface area contributed by atoms with E-state index in [1.54, 1.807) is 18.2 Å². The van der Waals surface area contributed by atoms with Crippen LogP contribution in [0.3, 0.4) is 0 Å². The fourth-order valence-electron chi connectivity index (χ4n) is 2.94. The summed E-state index contributed by atoms with van der Waals surface area (Å²) in [6, 6.07) is 10.8. The lowest BCUT2D eigenvalue weighted by atomic mass is 9.98. The van der Waals surface area contributed by atoms with Crippen LogP contribution in [-0.2, 0) is 14.8 Å². The molecule has 8 heteroatoms. The predicted molar refractivity (Wildman–Crippen MR) is 92.9 cm³/mol.